The van der Waals surface area contributed by atoms with E-state index in [0.29, 0.717) is 11.4 Å². The molecule has 2 rings (SSSR count). The Kier molecular flexibility index (Phi) is 3.95. The van der Waals surface area contributed by atoms with Crippen LogP contribution < -0.4 is 10.6 Å². The van der Waals surface area contributed by atoms with Crippen LogP contribution >= 0.6 is 0 Å². The number of pyridine rings is 1. The first-order chi connectivity index (χ1) is 9.54. The Bertz CT molecular complexity index is 656. The maximum atomic E-state index is 11.8. The van der Waals surface area contributed by atoms with Gasteiger partial charge in [0.05, 0.1) is 17.4 Å². The van der Waals surface area contributed by atoms with Crippen molar-refractivity contribution in [1.29, 1.82) is 0 Å². The number of carboxylic acids is 1. The smallest absolute Gasteiger partial charge is 0.337 e. The van der Waals surface area contributed by atoms with Crippen LogP contribution in [-0.4, -0.2) is 22.1 Å². The number of anilines is 2. The quantitative estimate of drug-likeness (QED) is 0.800. The summed E-state index contributed by atoms with van der Waals surface area (Å²) in [5.74, 6) is -1.10. The zero-order valence-corrected chi connectivity index (χ0v) is 10.8. The standard InChI is InChI=1S/C14H13N3O3/c1-9-3-2-4-11(5-9)16-14(20)17-12-6-10(13(18)19)7-15-8-12/h2-8H,1H3,(H,18,19)(H2,16,17,20). The third kappa shape index (κ3) is 3.55. The van der Waals surface area contributed by atoms with Crippen LogP contribution in [0.5, 0.6) is 0 Å². The Morgan fingerprint density at radius 1 is 1.10 bits per heavy atom. The number of rotatable bonds is 3. The number of urea groups is 1. The van der Waals surface area contributed by atoms with Crippen molar-refractivity contribution in [3.05, 3.63) is 53.9 Å². The monoisotopic (exact) mass is 271 g/mol. The highest BCUT2D eigenvalue weighted by Crippen LogP contribution is 2.12. The lowest BCUT2D eigenvalue weighted by molar-refractivity contribution is 0.0696. The number of carboxylic acid groups (broad SMARTS) is 1. The van der Waals surface area contributed by atoms with Crippen molar-refractivity contribution in [2.75, 3.05) is 10.6 Å². The van der Waals surface area contributed by atoms with Gasteiger partial charge in [0.25, 0.3) is 0 Å². The molecular weight excluding hydrogens is 258 g/mol. The van der Waals surface area contributed by atoms with Gasteiger partial charge in [0.1, 0.15) is 0 Å². The molecule has 0 bridgehead atoms. The number of amides is 2. The van der Waals surface area contributed by atoms with Crippen LogP contribution in [0.2, 0.25) is 0 Å². The number of nitrogens with one attached hydrogen (secondary N) is 2. The van der Waals surface area contributed by atoms with E-state index in [4.69, 9.17) is 5.11 Å². The first kappa shape index (κ1) is 13.5. The van der Waals surface area contributed by atoms with Gasteiger partial charge in [-0.3, -0.25) is 4.98 Å². The Morgan fingerprint density at radius 2 is 1.85 bits per heavy atom. The fourth-order valence-electron chi connectivity index (χ4n) is 1.64. The van der Waals surface area contributed by atoms with E-state index in [1.807, 2.05) is 25.1 Å². The highest BCUT2D eigenvalue weighted by Gasteiger charge is 2.07. The fraction of sp³-hybridized carbons (Fsp3) is 0.0714. The Labute approximate surface area is 115 Å². The lowest BCUT2D eigenvalue weighted by Crippen LogP contribution is -2.19. The normalized spacial score (nSPS) is 9.85. The van der Waals surface area contributed by atoms with Crippen LogP contribution in [0.25, 0.3) is 0 Å². The summed E-state index contributed by atoms with van der Waals surface area (Å²) in [7, 11) is 0. The molecular formula is C14H13N3O3. The van der Waals surface area contributed by atoms with Crippen molar-refractivity contribution in [1.82, 2.24) is 4.98 Å². The number of nitrogens with zero attached hydrogens (tertiary/aromatic N) is 1. The van der Waals surface area contributed by atoms with E-state index >= 15 is 0 Å². The van der Waals surface area contributed by atoms with Crippen LogP contribution in [0.1, 0.15) is 15.9 Å². The Morgan fingerprint density at radius 3 is 2.55 bits per heavy atom. The Hall–Kier alpha value is -2.89. The number of carbonyl (C=O) groups excluding carboxylic acids is 1. The predicted molar refractivity (Wildman–Crippen MR) is 75.0 cm³/mol. The molecule has 0 radical (unpaired) electrons. The first-order valence-electron chi connectivity index (χ1n) is 5.87. The van der Waals surface area contributed by atoms with Crippen molar-refractivity contribution in [2.45, 2.75) is 6.92 Å². The van der Waals surface area contributed by atoms with Gasteiger partial charge in [0, 0.05) is 11.9 Å². The summed E-state index contributed by atoms with van der Waals surface area (Å²) in [4.78, 5) is 26.3. The molecule has 1 aromatic carbocycles. The van der Waals surface area contributed by atoms with Crippen molar-refractivity contribution in [2.24, 2.45) is 0 Å². The maximum Gasteiger partial charge on any atom is 0.337 e. The van der Waals surface area contributed by atoms with E-state index in [1.54, 1.807) is 6.07 Å². The molecule has 0 unspecified atom stereocenters. The molecule has 0 saturated heterocycles. The van der Waals surface area contributed by atoms with Crippen molar-refractivity contribution >= 4 is 23.4 Å². The van der Waals surface area contributed by atoms with Crippen LogP contribution in [0.4, 0.5) is 16.2 Å². The summed E-state index contributed by atoms with van der Waals surface area (Å²) in [6, 6.07) is 8.22. The van der Waals surface area contributed by atoms with Crippen molar-refractivity contribution in [3.8, 4) is 0 Å². The van der Waals surface area contributed by atoms with Gasteiger partial charge in [-0.15, -0.1) is 0 Å². The topological polar surface area (TPSA) is 91.3 Å². The molecule has 1 aromatic heterocycles. The van der Waals surface area contributed by atoms with Crippen LogP contribution in [0, 0.1) is 6.92 Å². The molecule has 0 aliphatic rings. The summed E-state index contributed by atoms with van der Waals surface area (Å²) in [5.41, 5.74) is 2.01. The second kappa shape index (κ2) is 5.83. The number of benzene rings is 1. The summed E-state index contributed by atoms with van der Waals surface area (Å²) >= 11 is 0. The van der Waals surface area contributed by atoms with E-state index in [0.717, 1.165) is 5.56 Å². The predicted octanol–water partition coefficient (Wildman–Crippen LogP) is 2.73. The fourth-order valence-corrected chi connectivity index (χ4v) is 1.64. The molecule has 2 aromatic rings. The average Bonchev–Trinajstić information content (AvgIpc) is 2.38. The van der Waals surface area contributed by atoms with E-state index < -0.39 is 12.0 Å². The minimum atomic E-state index is -1.10. The lowest BCUT2D eigenvalue weighted by atomic mass is 10.2. The van der Waals surface area contributed by atoms with E-state index in [1.165, 1.54) is 18.5 Å². The molecule has 0 fully saturated rings. The zero-order chi connectivity index (χ0) is 14.5. The highest BCUT2D eigenvalue weighted by molar-refractivity contribution is 6.00. The minimum absolute atomic E-state index is 0.0124. The number of aryl methyl sites for hydroxylation is 1. The summed E-state index contributed by atoms with van der Waals surface area (Å²) in [6.07, 6.45) is 2.59. The third-order valence-electron chi connectivity index (χ3n) is 2.52. The van der Waals surface area contributed by atoms with Gasteiger partial charge in [-0.05, 0) is 30.7 Å². The SMILES string of the molecule is Cc1cccc(NC(=O)Nc2cncc(C(=O)O)c2)c1. The number of aromatic carboxylic acids is 1. The summed E-state index contributed by atoms with van der Waals surface area (Å²) in [5, 5.41) is 14.0. The molecule has 20 heavy (non-hydrogen) atoms. The molecule has 0 saturated carbocycles. The van der Waals surface area contributed by atoms with Gasteiger partial charge in [-0.25, -0.2) is 9.59 Å². The molecule has 2 amide bonds. The highest BCUT2D eigenvalue weighted by atomic mass is 16.4. The van der Waals surface area contributed by atoms with Gasteiger partial charge in [0.15, 0.2) is 0 Å². The lowest BCUT2D eigenvalue weighted by Gasteiger charge is -2.08. The van der Waals surface area contributed by atoms with Gasteiger partial charge in [-0.2, -0.15) is 0 Å². The molecule has 0 spiro atoms. The summed E-state index contributed by atoms with van der Waals surface area (Å²) < 4.78 is 0. The molecule has 0 aliphatic heterocycles. The van der Waals surface area contributed by atoms with Crippen molar-refractivity contribution in [3.63, 3.8) is 0 Å². The average molecular weight is 271 g/mol. The van der Waals surface area contributed by atoms with E-state index in [9.17, 15) is 9.59 Å². The molecule has 102 valence electrons. The first-order valence-corrected chi connectivity index (χ1v) is 5.87. The number of carbonyl (C=O) groups is 2. The molecule has 3 N–H and O–H groups in total. The van der Waals surface area contributed by atoms with Gasteiger partial charge >= 0.3 is 12.0 Å². The molecule has 0 atom stereocenters. The van der Waals surface area contributed by atoms with Gasteiger partial charge < -0.3 is 15.7 Å². The summed E-state index contributed by atoms with van der Waals surface area (Å²) in [6.45, 7) is 1.92. The van der Waals surface area contributed by atoms with E-state index in [-0.39, 0.29) is 5.56 Å². The number of hydrogen-bond acceptors (Lipinski definition) is 3. The second-order valence-corrected chi connectivity index (χ2v) is 4.22. The van der Waals surface area contributed by atoms with Gasteiger partial charge in [-0.1, -0.05) is 12.1 Å². The molecule has 1 heterocycles. The number of hydrogen-bond donors (Lipinski definition) is 3. The van der Waals surface area contributed by atoms with Crippen LogP contribution in [-0.2, 0) is 0 Å². The Balaban J connectivity index is 2.04. The third-order valence-corrected chi connectivity index (χ3v) is 2.52. The largest absolute Gasteiger partial charge is 0.478 e. The zero-order valence-electron chi connectivity index (χ0n) is 10.8. The minimum Gasteiger partial charge on any atom is -0.478 e. The second-order valence-electron chi connectivity index (χ2n) is 4.22. The van der Waals surface area contributed by atoms with Crippen LogP contribution in [0.15, 0.2) is 42.7 Å². The van der Waals surface area contributed by atoms with E-state index in [2.05, 4.69) is 15.6 Å². The molecule has 0 aliphatic carbocycles. The molecule has 6 heteroatoms. The maximum absolute atomic E-state index is 11.8. The molecule has 6 nitrogen and oxygen atoms in total. The van der Waals surface area contributed by atoms with Gasteiger partial charge in [0.2, 0.25) is 0 Å². The number of aromatic nitrogens is 1. The van der Waals surface area contributed by atoms with Crippen molar-refractivity contribution < 1.29 is 14.7 Å². The van der Waals surface area contributed by atoms with Crippen LogP contribution in [0.3, 0.4) is 0 Å².